The van der Waals surface area contributed by atoms with Crippen LogP contribution in [0.25, 0.3) is 11.1 Å². The second-order valence-corrected chi connectivity index (χ2v) is 8.04. The average molecular weight is 415 g/mol. The van der Waals surface area contributed by atoms with Crippen molar-refractivity contribution in [3.63, 3.8) is 0 Å². The summed E-state index contributed by atoms with van der Waals surface area (Å²) >= 11 is 0. The van der Waals surface area contributed by atoms with Gasteiger partial charge >= 0.3 is 5.97 Å². The minimum Gasteiger partial charge on any atom is -0.478 e. The number of carboxylic acids is 1. The number of carbonyl (C=O) groups is 2. The third kappa shape index (κ3) is 5.49. The molecule has 1 N–H and O–H groups in total. The number of aromatic carboxylic acids is 1. The van der Waals surface area contributed by atoms with Gasteiger partial charge in [-0.3, -0.25) is 4.79 Å². The van der Waals surface area contributed by atoms with Gasteiger partial charge in [-0.1, -0.05) is 112 Å². The van der Waals surface area contributed by atoms with Gasteiger partial charge in [0.25, 0.3) is 0 Å². The maximum absolute atomic E-state index is 13.2. The zero-order valence-corrected chi connectivity index (χ0v) is 18.3. The van der Waals surface area contributed by atoms with E-state index < -0.39 is 5.97 Å². The van der Waals surface area contributed by atoms with Crippen molar-refractivity contribution in [3.8, 4) is 11.1 Å². The van der Waals surface area contributed by atoms with E-state index in [4.69, 9.17) is 0 Å². The van der Waals surface area contributed by atoms with Crippen molar-refractivity contribution in [1.82, 2.24) is 0 Å². The monoisotopic (exact) mass is 414 g/mol. The molecule has 3 aromatic carbocycles. The van der Waals surface area contributed by atoms with E-state index in [1.807, 2.05) is 48.5 Å². The summed E-state index contributed by atoms with van der Waals surface area (Å²) in [6, 6.07) is 22.6. The largest absolute Gasteiger partial charge is 0.478 e. The van der Waals surface area contributed by atoms with Crippen molar-refractivity contribution in [2.24, 2.45) is 5.92 Å². The molecule has 3 rings (SSSR count). The van der Waals surface area contributed by atoms with Crippen molar-refractivity contribution in [2.75, 3.05) is 0 Å². The lowest BCUT2D eigenvalue weighted by atomic mass is 9.87. The van der Waals surface area contributed by atoms with Crippen LogP contribution in [0.4, 0.5) is 0 Å². The van der Waals surface area contributed by atoms with Crippen LogP contribution in [0.1, 0.15) is 71.4 Å². The smallest absolute Gasteiger partial charge is 0.336 e. The van der Waals surface area contributed by atoms with Gasteiger partial charge in [-0.25, -0.2) is 4.79 Å². The molecule has 0 bridgehead atoms. The Balaban J connectivity index is 1.91. The van der Waals surface area contributed by atoms with Gasteiger partial charge in [0.05, 0.1) is 5.56 Å². The first kappa shape index (κ1) is 22.5. The molecule has 0 radical (unpaired) electrons. The van der Waals surface area contributed by atoms with Gasteiger partial charge in [0.2, 0.25) is 0 Å². The zero-order valence-electron chi connectivity index (χ0n) is 18.3. The Labute approximate surface area is 184 Å². The predicted molar refractivity (Wildman–Crippen MR) is 126 cm³/mol. The van der Waals surface area contributed by atoms with Gasteiger partial charge in [-0.05, 0) is 29.0 Å². The van der Waals surface area contributed by atoms with Crippen LogP contribution in [-0.4, -0.2) is 16.9 Å². The fourth-order valence-electron chi connectivity index (χ4n) is 4.07. The first-order valence-corrected chi connectivity index (χ1v) is 11.1. The van der Waals surface area contributed by atoms with Gasteiger partial charge in [0.1, 0.15) is 0 Å². The van der Waals surface area contributed by atoms with Crippen LogP contribution in [-0.2, 0) is 6.42 Å². The Kier molecular flexibility index (Phi) is 7.77. The van der Waals surface area contributed by atoms with E-state index in [-0.39, 0.29) is 16.9 Å². The number of benzene rings is 3. The third-order valence-corrected chi connectivity index (χ3v) is 5.92. The van der Waals surface area contributed by atoms with Crippen LogP contribution < -0.4 is 0 Å². The van der Waals surface area contributed by atoms with Crippen molar-refractivity contribution >= 4 is 11.8 Å². The fraction of sp³-hybridized carbons (Fsp3) is 0.286. The molecule has 160 valence electrons. The second kappa shape index (κ2) is 10.7. The van der Waals surface area contributed by atoms with Gasteiger partial charge < -0.3 is 5.11 Å². The summed E-state index contributed by atoms with van der Waals surface area (Å²) in [6.07, 6.45) is 5.02. The van der Waals surface area contributed by atoms with E-state index in [1.54, 1.807) is 24.3 Å². The summed E-state index contributed by atoms with van der Waals surface area (Å²) in [4.78, 5) is 25.4. The van der Waals surface area contributed by atoms with Gasteiger partial charge in [-0.15, -0.1) is 0 Å². The molecule has 1 unspecified atom stereocenters. The van der Waals surface area contributed by atoms with Gasteiger partial charge in [0.15, 0.2) is 5.78 Å². The maximum Gasteiger partial charge on any atom is 0.336 e. The molecule has 0 fully saturated rings. The van der Waals surface area contributed by atoms with Gasteiger partial charge in [0, 0.05) is 11.1 Å². The Bertz CT molecular complexity index is 1020. The van der Waals surface area contributed by atoms with Crippen LogP contribution in [0.15, 0.2) is 72.8 Å². The number of hydrogen-bond acceptors (Lipinski definition) is 2. The summed E-state index contributed by atoms with van der Waals surface area (Å²) in [5.74, 6) is -0.862. The first-order valence-electron chi connectivity index (χ1n) is 11.1. The molecule has 3 aromatic rings. The van der Waals surface area contributed by atoms with E-state index in [2.05, 4.69) is 13.8 Å². The van der Waals surface area contributed by atoms with Crippen molar-refractivity contribution in [3.05, 3.63) is 95.1 Å². The number of rotatable bonds is 10. The fourth-order valence-corrected chi connectivity index (χ4v) is 4.07. The van der Waals surface area contributed by atoms with E-state index in [1.165, 1.54) is 0 Å². The first-order chi connectivity index (χ1) is 15.0. The molecule has 0 saturated carbocycles. The summed E-state index contributed by atoms with van der Waals surface area (Å²) < 4.78 is 0. The number of hydrogen-bond donors (Lipinski definition) is 1. The molecular weight excluding hydrogens is 384 g/mol. The second-order valence-electron chi connectivity index (χ2n) is 8.04. The minimum atomic E-state index is -1.04. The van der Waals surface area contributed by atoms with Crippen molar-refractivity contribution < 1.29 is 14.7 Å². The number of carboxylic acid groups (broad SMARTS) is 1. The summed E-state index contributed by atoms with van der Waals surface area (Å²) in [7, 11) is 0. The Morgan fingerprint density at radius 2 is 1.52 bits per heavy atom. The molecule has 0 spiro atoms. The molecule has 0 aliphatic carbocycles. The number of ketones is 1. The van der Waals surface area contributed by atoms with E-state index in [9.17, 15) is 14.7 Å². The molecule has 0 amide bonds. The van der Waals surface area contributed by atoms with Gasteiger partial charge in [-0.2, -0.15) is 0 Å². The summed E-state index contributed by atoms with van der Waals surface area (Å²) in [5.41, 5.74) is 3.76. The highest BCUT2D eigenvalue weighted by molar-refractivity contribution is 6.14. The van der Waals surface area contributed by atoms with Crippen LogP contribution in [0, 0.1) is 5.92 Å². The van der Waals surface area contributed by atoms with Crippen LogP contribution in [0.2, 0.25) is 0 Å². The number of unbranched alkanes of at least 4 members (excludes halogenated alkanes) is 1. The molecule has 0 aliphatic rings. The highest BCUT2D eigenvalue weighted by Gasteiger charge is 2.22. The molecule has 0 heterocycles. The van der Waals surface area contributed by atoms with E-state index >= 15 is 0 Å². The molecule has 0 aromatic heterocycles. The Hall–Kier alpha value is -3.20. The standard InChI is InChI=1S/C28H30O3/c1-3-5-10-20(4-2)19-24-13-9-14-25(26(24)28(30)31)27(29)23-17-15-22(16-18-23)21-11-7-6-8-12-21/h6-9,11-18,20H,3-5,10,19H2,1-2H3,(H,30,31). The van der Waals surface area contributed by atoms with Crippen LogP contribution in [0.3, 0.4) is 0 Å². The molecule has 1 atom stereocenters. The highest BCUT2D eigenvalue weighted by atomic mass is 16.4. The highest BCUT2D eigenvalue weighted by Crippen LogP contribution is 2.26. The third-order valence-electron chi connectivity index (χ3n) is 5.92. The molecule has 3 heteroatoms. The van der Waals surface area contributed by atoms with E-state index in [0.29, 0.717) is 17.9 Å². The SMILES string of the molecule is CCCCC(CC)Cc1cccc(C(=O)c2ccc(-c3ccccc3)cc2)c1C(=O)O. The molecule has 0 aliphatic heterocycles. The molecule has 0 saturated heterocycles. The summed E-state index contributed by atoms with van der Waals surface area (Å²) in [6.45, 7) is 4.31. The topological polar surface area (TPSA) is 54.4 Å². The van der Waals surface area contributed by atoms with Crippen molar-refractivity contribution in [2.45, 2.75) is 46.0 Å². The lowest BCUT2D eigenvalue weighted by Gasteiger charge is -2.17. The maximum atomic E-state index is 13.2. The number of carbonyl (C=O) groups excluding carboxylic acids is 1. The zero-order chi connectivity index (χ0) is 22.2. The lowest BCUT2D eigenvalue weighted by Crippen LogP contribution is -2.15. The normalized spacial score (nSPS) is 11.8. The minimum absolute atomic E-state index is 0.148. The summed E-state index contributed by atoms with van der Waals surface area (Å²) in [5, 5.41) is 9.94. The molecule has 3 nitrogen and oxygen atoms in total. The van der Waals surface area contributed by atoms with E-state index in [0.717, 1.165) is 42.4 Å². The van der Waals surface area contributed by atoms with Crippen molar-refractivity contribution in [1.29, 1.82) is 0 Å². The van der Waals surface area contributed by atoms with Crippen LogP contribution in [0.5, 0.6) is 0 Å². The lowest BCUT2D eigenvalue weighted by molar-refractivity contribution is 0.0691. The predicted octanol–water partition coefficient (Wildman–Crippen LogP) is 7.04. The Morgan fingerprint density at radius 1 is 0.839 bits per heavy atom. The molecular formula is C28H30O3. The quantitative estimate of drug-likeness (QED) is 0.362. The van der Waals surface area contributed by atoms with Crippen LogP contribution >= 0.6 is 0 Å². The Morgan fingerprint density at radius 3 is 2.13 bits per heavy atom. The molecule has 31 heavy (non-hydrogen) atoms. The average Bonchev–Trinajstić information content (AvgIpc) is 2.81.